The van der Waals surface area contributed by atoms with Crippen molar-refractivity contribution < 1.29 is 14.3 Å². The second-order valence-corrected chi connectivity index (χ2v) is 5.94. The quantitative estimate of drug-likeness (QED) is 0.870. The van der Waals surface area contributed by atoms with Crippen molar-refractivity contribution in [2.24, 2.45) is 11.8 Å². The van der Waals surface area contributed by atoms with Gasteiger partial charge in [0.25, 0.3) is 0 Å². The number of benzene rings is 1. The van der Waals surface area contributed by atoms with Gasteiger partial charge in [0.1, 0.15) is 5.82 Å². The summed E-state index contributed by atoms with van der Waals surface area (Å²) in [7, 11) is 0. The van der Waals surface area contributed by atoms with Crippen LogP contribution in [0.3, 0.4) is 0 Å². The summed E-state index contributed by atoms with van der Waals surface area (Å²) in [4.78, 5) is 11.0. The van der Waals surface area contributed by atoms with E-state index in [1.165, 1.54) is 31.4 Å². The van der Waals surface area contributed by atoms with E-state index in [0.717, 1.165) is 6.42 Å². The molecule has 3 nitrogen and oxygen atoms in total. The molecular weight excluding hydrogens is 257 g/mol. The molecule has 2 unspecified atom stereocenters. The average Bonchev–Trinajstić information content (AvgIpc) is 2.41. The topological polar surface area (TPSA) is 49.3 Å². The molecule has 0 amide bonds. The van der Waals surface area contributed by atoms with E-state index in [-0.39, 0.29) is 5.56 Å². The molecule has 2 N–H and O–H groups in total. The molecule has 1 aromatic rings. The molecule has 2 atom stereocenters. The van der Waals surface area contributed by atoms with E-state index in [4.69, 9.17) is 5.11 Å². The Balaban J connectivity index is 2.16. The van der Waals surface area contributed by atoms with Crippen molar-refractivity contribution in [3.63, 3.8) is 0 Å². The van der Waals surface area contributed by atoms with Crippen LogP contribution in [0.5, 0.6) is 0 Å². The Hall–Kier alpha value is -1.58. The van der Waals surface area contributed by atoms with Gasteiger partial charge in [-0.3, -0.25) is 0 Å². The predicted molar refractivity (Wildman–Crippen MR) is 77.6 cm³/mol. The van der Waals surface area contributed by atoms with Crippen molar-refractivity contribution in [1.82, 2.24) is 0 Å². The van der Waals surface area contributed by atoms with Crippen LogP contribution in [0.15, 0.2) is 18.2 Å². The first-order valence-corrected chi connectivity index (χ1v) is 7.28. The van der Waals surface area contributed by atoms with Gasteiger partial charge in [0, 0.05) is 11.7 Å². The number of aromatic carboxylic acids is 1. The Bertz CT molecular complexity index is 487. The Morgan fingerprint density at radius 1 is 1.35 bits per heavy atom. The average molecular weight is 279 g/mol. The van der Waals surface area contributed by atoms with Crippen LogP contribution in [0.1, 0.15) is 49.9 Å². The second-order valence-electron chi connectivity index (χ2n) is 5.94. The summed E-state index contributed by atoms with van der Waals surface area (Å²) in [5.41, 5.74) is 0.424. The fourth-order valence-corrected chi connectivity index (χ4v) is 3.13. The minimum absolute atomic E-state index is 0.271. The molecule has 1 fully saturated rings. The predicted octanol–water partition coefficient (Wildman–Crippen LogP) is 4.15. The van der Waals surface area contributed by atoms with Crippen LogP contribution in [0.25, 0.3) is 0 Å². The van der Waals surface area contributed by atoms with Crippen molar-refractivity contribution >= 4 is 11.7 Å². The molecule has 20 heavy (non-hydrogen) atoms. The molecule has 1 saturated carbocycles. The van der Waals surface area contributed by atoms with Crippen LogP contribution in [0.2, 0.25) is 0 Å². The molecule has 0 aliphatic heterocycles. The van der Waals surface area contributed by atoms with E-state index in [0.29, 0.717) is 23.6 Å². The first-order chi connectivity index (χ1) is 9.49. The van der Waals surface area contributed by atoms with E-state index in [2.05, 4.69) is 19.2 Å². The van der Waals surface area contributed by atoms with E-state index < -0.39 is 11.8 Å². The zero-order valence-corrected chi connectivity index (χ0v) is 12.0. The van der Waals surface area contributed by atoms with Crippen molar-refractivity contribution in [1.29, 1.82) is 0 Å². The molecule has 0 saturated heterocycles. The van der Waals surface area contributed by atoms with Crippen molar-refractivity contribution in [2.45, 2.75) is 45.6 Å². The first kappa shape index (κ1) is 14.8. The molecule has 0 spiro atoms. The Morgan fingerprint density at radius 2 is 2.05 bits per heavy atom. The third kappa shape index (κ3) is 3.30. The molecule has 0 bridgehead atoms. The van der Waals surface area contributed by atoms with Crippen molar-refractivity contribution in [2.75, 3.05) is 5.32 Å². The lowest BCUT2D eigenvalue weighted by Crippen LogP contribution is -2.35. The van der Waals surface area contributed by atoms with Crippen LogP contribution in [-0.2, 0) is 0 Å². The van der Waals surface area contributed by atoms with Gasteiger partial charge >= 0.3 is 5.97 Å². The van der Waals surface area contributed by atoms with Gasteiger partial charge < -0.3 is 10.4 Å². The van der Waals surface area contributed by atoms with Crippen LogP contribution in [0.4, 0.5) is 10.1 Å². The minimum atomic E-state index is -1.23. The highest BCUT2D eigenvalue weighted by atomic mass is 19.1. The highest BCUT2D eigenvalue weighted by Crippen LogP contribution is 2.32. The fourth-order valence-electron chi connectivity index (χ4n) is 3.13. The van der Waals surface area contributed by atoms with Gasteiger partial charge in [0.15, 0.2) is 0 Å². The lowest BCUT2D eigenvalue weighted by molar-refractivity contribution is 0.0692. The molecule has 2 rings (SSSR count). The SMILES string of the molecule is CC(C)C1CCCCC1Nc1ccc(F)c(C(=O)O)c1. The van der Waals surface area contributed by atoms with E-state index in [1.807, 2.05) is 0 Å². The molecule has 0 heterocycles. The maximum Gasteiger partial charge on any atom is 0.338 e. The van der Waals surface area contributed by atoms with Crippen LogP contribution in [0, 0.1) is 17.7 Å². The number of nitrogens with one attached hydrogen (secondary N) is 1. The van der Waals surface area contributed by atoms with E-state index in [1.54, 1.807) is 6.07 Å². The van der Waals surface area contributed by atoms with Gasteiger partial charge in [-0.25, -0.2) is 9.18 Å². The normalized spacial score (nSPS) is 22.8. The molecule has 0 aromatic heterocycles. The van der Waals surface area contributed by atoms with Crippen LogP contribution >= 0.6 is 0 Å². The van der Waals surface area contributed by atoms with Crippen LogP contribution < -0.4 is 5.32 Å². The van der Waals surface area contributed by atoms with E-state index >= 15 is 0 Å². The highest BCUT2D eigenvalue weighted by molar-refractivity contribution is 5.89. The Kier molecular flexibility index (Phi) is 4.63. The lowest BCUT2D eigenvalue weighted by Gasteiger charge is -2.35. The summed E-state index contributed by atoms with van der Waals surface area (Å²) in [6.07, 6.45) is 4.73. The third-order valence-electron chi connectivity index (χ3n) is 4.22. The monoisotopic (exact) mass is 279 g/mol. The van der Waals surface area contributed by atoms with Crippen LogP contribution in [-0.4, -0.2) is 17.1 Å². The summed E-state index contributed by atoms with van der Waals surface area (Å²) < 4.78 is 13.4. The lowest BCUT2D eigenvalue weighted by atomic mass is 9.78. The van der Waals surface area contributed by atoms with Crippen molar-refractivity contribution in [3.05, 3.63) is 29.6 Å². The maximum atomic E-state index is 13.4. The van der Waals surface area contributed by atoms with Crippen molar-refractivity contribution in [3.8, 4) is 0 Å². The summed E-state index contributed by atoms with van der Waals surface area (Å²) >= 11 is 0. The highest BCUT2D eigenvalue weighted by Gasteiger charge is 2.27. The molecule has 110 valence electrons. The number of carboxylic acid groups (broad SMARTS) is 1. The number of halogens is 1. The first-order valence-electron chi connectivity index (χ1n) is 7.28. The van der Waals surface area contributed by atoms with Gasteiger partial charge in [0.2, 0.25) is 0 Å². The standard InChI is InChI=1S/C16H22FNO2/c1-10(2)12-5-3-4-6-15(12)18-11-7-8-14(17)13(9-11)16(19)20/h7-10,12,15,18H,3-6H2,1-2H3,(H,19,20). The Labute approximate surface area is 119 Å². The number of hydrogen-bond donors (Lipinski definition) is 2. The fraction of sp³-hybridized carbons (Fsp3) is 0.562. The van der Waals surface area contributed by atoms with Gasteiger partial charge in [-0.2, -0.15) is 0 Å². The second kappa shape index (κ2) is 6.25. The smallest absolute Gasteiger partial charge is 0.338 e. The Morgan fingerprint density at radius 3 is 2.70 bits per heavy atom. The molecule has 1 aromatic carbocycles. The van der Waals surface area contributed by atoms with Gasteiger partial charge in [-0.15, -0.1) is 0 Å². The summed E-state index contributed by atoms with van der Waals surface area (Å²) in [5, 5.41) is 12.4. The maximum absolute atomic E-state index is 13.4. The molecule has 1 aliphatic carbocycles. The van der Waals surface area contributed by atoms with Gasteiger partial charge in [-0.1, -0.05) is 26.7 Å². The number of anilines is 1. The van der Waals surface area contributed by atoms with E-state index in [9.17, 15) is 9.18 Å². The number of rotatable bonds is 4. The molecule has 1 aliphatic rings. The zero-order chi connectivity index (χ0) is 14.7. The minimum Gasteiger partial charge on any atom is -0.478 e. The summed E-state index contributed by atoms with van der Waals surface area (Å²) in [6, 6.07) is 4.58. The molecule has 4 heteroatoms. The molecule has 0 radical (unpaired) electrons. The van der Waals surface area contributed by atoms with Gasteiger partial charge in [-0.05, 0) is 42.9 Å². The summed E-state index contributed by atoms with van der Waals surface area (Å²) in [6.45, 7) is 4.44. The largest absolute Gasteiger partial charge is 0.478 e. The number of carbonyl (C=O) groups is 1. The summed E-state index contributed by atoms with van der Waals surface area (Å²) in [5.74, 6) is -0.739. The molecular formula is C16H22FNO2. The zero-order valence-electron chi connectivity index (χ0n) is 12.0. The van der Waals surface area contributed by atoms with Gasteiger partial charge in [0.05, 0.1) is 5.56 Å². The number of hydrogen-bond acceptors (Lipinski definition) is 2. The number of carboxylic acids is 1. The third-order valence-corrected chi connectivity index (χ3v) is 4.22.